The number of ether oxygens (including phenoxy) is 1. The molecule has 1 atom stereocenters. The summed E-state index contributed by atoms with van der Waals surface area (Å²) in [7, 11) is 0. The van der Waals surface area contributed by atoms with E-state index >= 15 is 0 Å². The molecule has 2 saturated heterocycles. The van der Waals surface area contributed by atoms with Gasteiger partial charge in [0.1, 0.15) is 5.75 Å². The number of rotatable bonds is 6. The molecule has 2 amide bonds. The Kier molecular flexibility index (Phi) is 5.69. The van der Waals surface area contributed by atoms with Crippen molar-refractivity contribution < 1.29 is 14.3 Å². The van der Waals surface area contributed by atoms with Gasteiger partial charge in [0, 0.05) is 26.1 Å². The summed E-state index contributed by atoms with van der Waals surface area (Å²) >= 11 is 0. The average molecular weight is 393 g/mol. The van der Waals surface area contributed by atoms with Gasteiger partial charge in [0.15, 0.2) is 0 Å². The Morgan fingerprint density at radius 1 is 1.07 bits per heavy atom. The third kappa shape index (κ3) is 4.06. The van der Waals surface area contributed by atoms with E-state index in [2.05, 4.69) is 10.2 Å². The molecule has 29 heavy (non-hydrogen) atoms. The summed E-state index contributed by atoms with van der Waals surface area (Å²) in [6, 6.07) is 15.4. The van der Waals surface area contributed by atoms with E-state index in [1.807, 2.05) is 55.5 Å². The number of hydrogen-bond acceptors (Lipinski definition) is 4. The van der Waals surface area contributed by atoms with Crippen molar-refractivity contribution in [2.45, 2.75) is 26.2 Å². The first-order chi connectivity index (χ1) is 14.2. The van der Waals surface area contributed by atoms with Gasteiger partial charge in [0.2, 0.25) is 11.8 Å². The molecule has 0 aromatic heterocycles. The molecular formula is C23H27N3O3. The normalized spacial score (nSPS) is 18.9. The largest absolute Gasteiger partial charge is 0.492 e. The van der Waals surface area contributed by atoms with Crippen LogP contribution in [0.4, 0.5) is 17.1 Å². The Bertz CT molecular complexity index is 892. The zero-order chi connectivity index (χ0) is 20.2. The second kappa shape index (κ2) is 8.55. The van der Waals surface area contributed by atoms with E-state index in [9.17, 15) is 9.59 Å². The molecule has 6 heteroatoms. The van der Waals surface area contributed by atoms with E-state index in [-0.39, 0.29) is 24.2 Å². The fourth-order valence-electron chi connectivity index (χ4n) is 4.12. The zero-order valence-corrected chi connectivity index (χ0v) is 16.8. The molecule has 0 spiro atoms. The van der Waals surface area contributed by atoms with Crippen molar-refractivity contribution in [1.29, 1.82) is 0 Å². The maximum absolute atomic E-state index is 13.0. The van der Waals surface area contributed by atoms with Gasteiger partial charge in [-0.3, -0.25) is 9.59 Å². The first-order valence-electron chi connectivity index (χ1n) is 10.3. The number of amides is 2. The lowest BCUT2D eigenvalue weighted by atomic mass is 10.1. The maximum Gasteiger partial charge on any atom is 0.229 e. The molecule has 2 aromatic rings. The maximum atomic E-state index is 13.0. The van der Waals surface area contributed by atoms with Crippen LogP contribution in [-0.4, -0.2) is 38.1 Å². The number of benzene rings is 2. The van der Waals surface area contributed by atoms with Crippen LogP contribution in [0, 0.1) is 5.92 Å². The van der Waals surface area contributed by atoms with Crippen LogP contribution in [0.1, 0.15) is 26.2 Å². The molecule has 2 heterocycles. The van der Waals surface area contributed by atoms with E-state index in [1.165, 1.54) is 12.8 Å². The van der Waals surface area contributed by atoms with Gasteiger partial charge in [0.25, 0.3) is 0 Å². The molecule has 0 aliphatic carbocycles. The summed E-state index contributed by atoms with van der Waals surface area (Å²) in [6.07, 6.45) is 2.55. The van der Waals surface area contributed by atoms with Crippen LogP contribution in [0.15, 0.2) is 48.5 Å². The third-order valence-corrected chi connectivity index (χ3v) is 5.56. The number of hydrogen-bond donors (Lipinski definition) is 1. The quantitative estimate of drug-likeness (QED) is 0.813. The minimum absolute atomic E-state index is 0.0508. The fraction of sp³-hybridized carbons (Fsp3) is 0.391. The standard InChI is InChI=1S/C23H27N3O3/c1-2-29-21-12-6-5-11-20(21)26-16-17(15-22(26)27)23(28)24-18-9-3-4-10-19(18)25-13-7-8-14-25/h3-6,9-12,17H,2,7-8,13-16H2,1H3,(H,24,28). The molecule has 6 nitrogen and oxygen atoms in total. The van der Waals surface area contributed by atoms with Crippen LogP contribution in [0.3, 0.4) is 0 Å². The minimum atomic E-state index is -0.385. The van der Waals surface area contributed by atoms with Crippen molar-refractivity contribution in [1.82, 2.24) is 0 Å². The monoisotopic (exact) mass is 393 g/mol. The number of carbonyl (C=O) groups is 2. The van der Waals surface area contributed by atoms with Crippen molar-refractivity contribution in [3.8, 4) is 5.75 Å². The molecule has 1 N–H and O–H groups in total. The molecule has 2 aliphatic heterocycles. The Morgan fingerprint density at radius 2 is 1.76 bits per heavy atom. The highest BCUT2D eigenvalue weighted by Crippen LogP contribution is 2.34. The van der Waals surface area contributed by atoms with Crippen molar-refractivity contribution in [3.05, 3.63) is 48.5 Å². The SMILES string of the molecule is CCOc1ccccc1N1CC(C(=O)Nc2ccccc2N2CCCC2)CC1=O. The lowest BCUT2D eigenvalue weighted by Gasteiger charge is -2.22. The predicted octanol–water partition coefficient (Wildman–Crippen LogP) is 3.68. The second-order valence-corrected chi connectivity index (χ2v) is 7.51. The Balaban J connectivity index is 1.48. The molecule has 1 unspecified atom stereocenters. The van der Waals surface area contributed by atoms with Gasteiger partial charge in [-0.1, -0.05) is 24.3 Å². The summed E-state index contributed by atoms with van der Waals surface area (Å²) in [6.45, 7) is 4.82. The zero-order valence-electron chi connectivity index (χ0n) is 16.8. The van der Waals surface area contributed by atoms with Gasteiger partial charge in [0.05, 0.1) is 29.6 Å². The Morgan fingerprint density at radius 3 is 2.52 bits per heavy atom. The summed E-state index contributed by atoms with van der Waals surface area (Å²) in [5.74, 6) is 0.124. The van der Waals surface area contributed by atoms with E-state index < -0.39 is 0 Å². The van der Waals surface area contributed by atoms with Gasteiger partial charge in [-0.25, -0.2) is 0 Å². The van der Waals surface area contributed by atoms with Crippen LogP contribution in [0.5, 0.6) is 5.75 Å². The first-order valence-corrected chi connectivity index (χ1v) is 10.3. The summed E-state index contributed by atoms with van der Waals surface area (Å²) < 4.78 is 5.66. The van der Waals surface area contributed by atoms with Gasteiger partial charge >= 0.3 is 0 Å². The molecule has 4 rings (SSSR count). The van der Waals surface area contributed by atoms with Gasteiger partial charge in [-0.2, -0.15) is 0 Å². The van der Waals surface area contributed by atoms with E-state index in [4.69, 9.17) is 4.74 Å². The number of anilines is 3. The molecular weight excluding hydrogens is 366 g/mol. The highest BCUT2D eigenvalue weighted by atomic mass is 16.5. The molecule has 0 radical (unpaired) electrons. The number of nitrogens with zero attached hydrogens (tertiary/aromatic N) is 2. The number of carbonyl (C=O) groups excluding carboxylic acids is 2. The van der Waals surface area contributed by atoms with Crippen LogP contribution in [0.25, 0.3) is 0 Å². The molecule has 2 aliphatic rings. The first kappa shape index (κ1) is 19.3. The smallest absolute Gasteiger partial charge is 0.229 e. The van der Waals surface area contributed by atoms with Crippen molar-refractivity contribution in [2.75, 3.05) is 41.4 Å². The van der Waals surface area contributed by atoms with Crippen LogP contribution in [0.2, 0.25) is 0 Å². The summed E-state index contributed by atoms with van der Waals surface area (Å²) in [4.78, 5) is 29.6. The van der Waals surface area contributed by atoms with E-state index in [0.29, 0.717) is 18.9 Å². The second-order valence-electron chi connectivity index (χ2n) is 7.51. The van der Waals surface area contributed by atoms with Gasteiger partial charge in [-0.15, -0.1) is 0 Å². The average Bonchev–Trinajstić information content (AvgIpc) is 3.39. The lowest BCUT2D eigenvalue weighted by molar-refractivity contribution is -0.122. The molecule has 2 fully saturated rings. The van der Waals surface area contributed by atoms with Gasteiger partial charge in [-0.05, 0) is 44.0 Å². The van der Waals surface area contributed by atoms with E-state index in [0.717, 1.165) is 30.2 Å². The van der Waals surface area contributed by atoms with Crippen LogP contribution >= 0.6 is 0 Å². The molecule has 152 valence electrons. The molecule has 0 saturated carbocycles. The summed E-state index contributed by atoms with van der Waals surface area (Å²) in [5.41, 5.74) is 2.60. The van der Waals surface area contributed by atoms with Crippen molar-refractivity contribution in [2.24, 2.45) is 5.92 Å². The van der Waals surface area contributed by atoms with Crippen molar-refractivity contribution >= 4 is 28.9 Å². The minimum Gasteiger partial charge on any atom is -0.492 e. The molecule has 2 aromatic carbocycles. The highest BCUT2D eigenvalue weighted by Gasteiger charge is 2.36. The third-order valence-electron chi connectivity index (χ3n) is 5.56. The Labute approximate surface area is 171 Å². The number of nitrogens with one attached hydrogen (secondary N) is 1. The van der Waals surface area contributed by atoms with Crippen LogP contribution < -0.4 is 19.9 Å². The van der Waals surface area contributed by atoms with Crippen LogP contribution in [-0.2, 0) is 9.59 Å². The Hall–Kier alpha value is -3.02. The fourth-order valence-corrected chi connectivity index (χ4v) is 4.12. The predicted molar refractivity (Wildman–Crippen MR) is 115 cm³/mol. The van der Waals surface area contributed by atoms with Gasteiger partial charge < -0.3 is 19.9 Å². The summed E-state index contributed by atoms with van der Waals surface area (Å²) in [5, 5.41) is 3.07. The topological polar surface area (TPSA) is 61.9 Å². The number of para-hydroxylation sites is 4. The molecule has 0 bridgehead atoms. The lowest BCUT2D eigenvalue weighted by Crippen LogP contribution is -2.29. The van der Waals surface area contributed by atoms with Crippen molar-refractivity contribution in [3.63, 3.8) is 0 Å². The highest BCUT2D eigenvalue weighted by molar-refractivity contribution is 6.05. The van der Waals surface area contributed by atoms with E-state index in [1.54, 1.807) is 4.90 Å².